The van der Waals surface area contributed by atoms with Crippen molar-refractivity contribution in [2.45, 2.75) is 59.1 Å². The Kier molecular flexibility index (Phi) is 6.61. The molecule has 1 atom stereocenters. The van der Waals surface area contributed by atoms with Gasteiger partial charge in [-0.2, -0.15) is 0 Å². The Balaban J connectivity index is 4.04. The van der Waals surface area contributed by atoms with Gasteiger partial charge in [-0.05, 0) is 27.2 Å². The molecule has 5 heteroatoms. The highest BCUT2D eigenvalue weighted by Crippen LogP contribution is 2.07. The minimum Gasteiger partial charge on any atom is -0.444 e. The molecular weight excluding hydrogens is 220 g/mol. The van der Waals surface area contributed by atoms with Crippen molar-refractivity contribution in [1.29, 1.82) is 0 Å². The monoisotopic (exact) mass is 244 g/mol. The van der Waals surface area contributed by atoms with Gasteiger partial charge in [-0.15, -0.1) is 0 Å². The van der Waals surface area contributed by atoms with E-state index in [9.17, 15) is 9.59 Å². The van der Waals surface area contributed by atoms with Crippen LogP contribution < -0.4 is 10.6 Å². The molecule has 0 rings (SSSR count). The van der Waals surface area contributed by atoms with Crippen LogP contribution in [0.4, 0.5) is 4.79 Å². The molecule has 0 spiro atoms. The molecule has 2 amide bonds. The molecule has 0 saturated carbocycles. The Morgan fingerprint density at radius 3 is 2.24 bits per heavy atom. The quantitative estimate of drug-likeness (QED) is 0.775. The van der Waals surface area contributed by atoms with E-state index in [2.05, 4.69) is 10.6 Å². The maximum Gasteiger partial charge on any atom is 0.407 e. The van der Waals surface area contributed by atoms with Crippen molar-refractivity contribution in [3.05, 3.63) is 0 Å². The van der Waals surface area contributed by atoms with E-state index in [-0.39, 0.29) is 11.9 Å². The van der Waals surface area contributed by atoms with E-state index in [1.807, 2.05) is 27.7 Å². The van der Waals surface area contributed by atoms with Crippen molar-refractivity contribution in [3.63, 3.8) is 0 Å². The van der Waals surface area contributed by atoms with Crippen molar-refractivity contribution < 1.29 is 14.3 Å². The largest absolute Gasteiger partial charge is 0.444 e. The number of hydrogen-bond acceptors (Lipinski definition) is 3. The van der Waals surface area contributed by atoms with Gasteiger partial charge in [0.25, 0.3) is 0 Å². The molecule has 0 aromatic carbocycles. The van der Waals surface area contributed by atoms with Crippen molar-refractivity contribution in [2.75, 3.05) is 6.54 Å². The lowest BCUT2D eigenvalue weighted by Gasteiger charge is -2.23. The molecule has 100 valence electrons. The second-order valence-electron chi connectivity index (χ2n) is 4.91. The summed E-state index contributed by atoms with van der Waals surface area (Å²) in [6.45, 7) is 9.60. The summed E-state index contributed by atoms with van der Waals surface area (Å²) in [5.41, 5.74) is -0.505. The van der Waals surface area contributed by atoms with E-state index in [4.69, 9.17) is 4.74 Å². The van der Waals surface area contributed by atoms with Crippen molar-refractivity contribution in [1.82, 2.24) is 10.6 Å². The zero-order valence-electron chi connectivity index (χ0n) is 11.4. The summed E-state index contributed by atoms with van der Waals surface area (Å²) in [5.74, 6) is -0.0190. The molecule has 0 aromatic rings. The van der Waals surface area contributed by atoms with Gasteiger partial charge in [0.05, 0.1) is 0 Å². The molecule has 0 heterocycles. The number of carbonyl (C=O) groups is 2. The molecule has 17 heavy (non-hydrogen) atoms. The number of carbonyl (C=O) groups excluding carboxylic acids is 2. The Bertz CT molecular complexity index is 259. The number of hydrogen-bond donors (Lipinski definition) is 2. The standard InChI is InChI=1S/C12H24N2O3/c1-6-9(8-13-10(15)7-2)14-11(16)17-12(3,4)5/h9H,6-8H2,1-5H3,(H,13,15)(H,14,16). The lowest BCUT2D eigenvalue weighted by Crippen LogP contribution is -2.45. The van der Waals surface area contributed by atoms with Crippen LogP contribution in [0, 0.1) is 0 Å². The maximum atomic E-state index is 11.5. The molecule has 5 nitrogen and oxygen atoms in total. The van der Waals surface area contributed by atoms with E-state index in [0.29, 0.717) is 13.0 Å². The summed E-state index contributed by atoms with van der Waals surface area (Å²) in [6, 6.07) is -0.0969. The average Bonchev–Trinajstić information content (AvgIpc) is 2.20. The summed E-state index contributed by atoms with van der Waals surface area (Å²) >= 11 is 0. The minimum absolute atomic E-state index is 0.0190. The van der Waals surface area contributed by atoms with Crippen LogP contribution in [0.25, 0.3) is 0 Å². The third-order valence-electron chi connectivity index (χ3n) is 2.08. The SMILES string of the molecule is CCC(=O)NCC(CC)NC(=O)OC(C)(C)C. The van der Waals surface area contributed by atoms with Gasteiger partial charge in [-0.1, -0.05) is 13.8 Å². The Labute approximate surface area is 103 Å². The van der Waals surface area contributed by atoms with Gasteiger partial charge in [0, 0.05) is 19.0 Å². The fraction of sp³-hybridized carbons (Fsp3) is 0.833. The van der Waals surface area contributed by atoms with E-state index >= 15 is 0 Å². The highest BCUT2D eigenvalue weighted by Gasteiger charge is 2.18. The van der Waals surface area contributed by atoms with Crippen LogP contribution in [-0.4, -0.2) is 30.2 Å². The second kappa shape index (κ2) is 7.14. The third kappa shape index (κ3) is 8.54. The lowest BCUT2D eigenvalue weighted by molar-refractivity contribution is -0.120. The molecular formula is C12H24N2O3. The van der Waals surface area contributed by atoms with Gasteiger partial charge >= 0.3 is 6.09 Å². The van der Waals surface area contributed by atoms with E-state index in [1.54, 1.807) is 6.92 Å². The number of nitrogens with one attached hydrogen (secondary N) is 2. The lowest BCUT2D eigenvalue weighted by atomic mass is 10.2. The molecule has 0 fully saturated rings. The van der Waals surface area contributed by atoms with Gasteiger partial charge in [0.1, 0.15) is 5.60 Å². The molecule has 2 N–H and O–H groups in total. The van der Waals surface area contributed by atoms with Gasteiger partial charge in [0.15, 0.2) is 0 Å². The third-order valence-corrected chi connectivity index (χ3v) is 2.08. The van der Waals surface area contributed by atoms with Crippen LogP contribution in [0.3, 0.4) is 0 Å². The maximum absolute atomic E-state index is 11.5. The smallest absolute Gasteiger partial charge is 0.407 e. The average molecular weight is 244 g/mol. The minimum atomic E-state index is -0.505. The van der Waals surface area contributed by atoms with Crippen LogP contribution in [0.1, 0.15) is 47.5 Å². The highest BCUT2D eigenvalue weighted by molar-refractivity contribution is 5.75. The topological polar surface area (TPSA) is 67.4 Å². The van der Waals surface area contributed by atoms with Crippen LogP contribution in [0.15, 0.2) is 0 Å². The summed E-state index contributed by atoms with van der Waals surface area (Å²) < 4.78 is 5.14. The molecule has 0 aromatic heterocycles. The van der Waals surface area contributed by atoms with Crippen LogP contribution >= 0.6 is 0 Å². The van der Waals surface area contributed by atoms with Gasteiger partial charge in [0.2, 0.25) is 5.91 Å². The van der Waals surface area contributed by atoms with Crippen molar-refractivity contribution in [2.24, 2.45) is 0 Å². The zero-order valence-corrected chi connectivity index (χ0v) is 11.4. The van der Waals surface area contributed by atoms with Crippen molar-refractivity contribution >= 4 is 12.0 Å². The Hall–Kier alpha value is -1.26. The summed E-state index contributed by atoms with van der Waals surface area (Å²) in [6.07, 6.45) is 0.738. The van der Waals surface area contributed by atoms with Gasteiger partial charge < -0.3 is 15.4 Å². The van der Waals surface area contributed by atoms with Gasteiger partial charge in [-0.25, -0.2) is 4.79 Å². The molecule has 1 unspecified atom stereocenters. The number of ether oxygens (including phenoxy) is 1. The van der Waals surface area contributed by atoms with Crippen LogP contribution in [-0.2, 0) is 9.53 Å². The number of alkyl carbamates (subject to hydrolysis) is 1. The molecule has 0 saturated heterocycles. The fourth-order valence-electron chi connectivity index (χ4n) is 1.13. The zero-order chi connectivity index (χ0) is 13.5. The molecule has 0 aliphatic rings. The molecule has 0 aliphatic heterocycles. The first-order valence-electron chi connectivity index (χ1n) is 6.04. The molecule has 0 aliphatic carbocycles. The number of amides is 2. The van der Waals surface area contributed by atoms with E-state index in [1.165, 1.54) is 0 Å². The summed E-state index contributed by atoms with van der Waals surface area (Å²) in [5, 5.41) is 5.47. The molecule has 0 radical (unpaired) electrons. The first-order valence-corrected chi connectivity index (χ1v) is 6.04. The fourth-order valence-corrected chi connectivity index (χ4v) is 1.13. The summed E-state index contributed by atoms with van der Waals surface area (Å²) in [7, 11) is 0. The highest BCUT2D eigenvalue weighted by atomic mass is 16.6. The van der Waals surface area contributed by atoms with E-state index in [0.717, 1.165) is 6.42 Å². The number of rotatable bonds is 5. The first-order chi connectivity index (χ1) is 7.78. The van der Waals surface area contributed by atoms with E-state index < -0.39 is 11.7 Å². The van der Waals surface area contributed by atoms with Gasteiger partial charge in [-0.3, -0.25) is 4.79 Å². The normalized spacial score (nSPS) is 12.8. The Morgan fingerprint density at radius 2 is 1.82 bits per heavy atom. The first kappa shape index (κ1) is 15.7. The molecule has 0 bridgehead atoms. The van der Waals surface area contributed by atoms with Crippen LogP contribution in [0.2, 0.25) is 0 Å². The predicted octanol–water partition coefficient (Wildman–Crippen LogP) is 1.82. The summed E-state index contributed by atoms with van der Waals surface area (Å²) in [4.78, 5) is 22.6. The second-order valence-corrected chi connectivity index (χ2v) is 4.91. The predicted molar refractivity (Wildman–Crippen MR) is 66.7 cm³/mol. The van der Waals surface area contributed by atoms with Crippen LogP contribution in [0.5, 0.6) is 0 Å². The Morgan fingerprint density at radius 1 is 1.24 bits per heavy atom. The van der Waals surface area contributed by atoms with Crippen molar-refractivity contribution in [3.8, 4) is 0 Å².